The van der Waals surface area contributed by atoms with E-state index in [1.54, 1.807) is 5.57 Å². The van der Waals surface area contributed by atoms with Gasteiger partial charge in [-0.2, -0.15) is 0 Å². The fourth-order valence-corrected chi connectivity index (χ4v) is 3.56. The van der Waals surface area contributed by atoms with E-state index < -0.39 is 0 Å². The third-order valence-corrected chi connectivity index (χ3v) is 4.73. The summed E-state index contributed by atoms with van der Waals surface area (Å²) in [6.45, 7) is 13.6. The van der Waals surface area contributed by atoms with Gasteiger partial charge in [-0.1, -0.05) is 83.5 Å². The van der Waals surface area contributed by atoms with Crippen molar-refractivity contribution in [3.8, 4) is 0 Å². The largest absolute Gasteiger partial charge is 3.00 e. The van der Waals surface area contributed by atoms with Gasteiger partial charge in [0, 0.05) is 15.4 Å². The zero-order valence-electron chi connectivity index (χ0n) is 16.9. The minimum absolute atomic E-state index is 0. The van der Waals surface area contributed by atoms with Crippen LogP contribution in [0.25, 0.3) is 0 Å². The van der Waals surface area contributed by atoms with E-state index in [9.17, 15) is 0 Å². The number of hydrogen-bond donors (Lipinski definition) is 0. The Kier molecular flexibility index (Phi) is 13.9. The molecule has 2 radical (unpaired) electrons. The van der Waals surface area contributed by atoms with E-state index in [1.807, 2.05) is 0 Å². The molecule has 142 valence electrons. The summed E-state index contributed by atoms with van der Waals surface area (Å²) in [5, 5.41) is 0. The number of halogens is 2. The van der Waals surface area contributed by atoms with Crippen LogP contribution in [0.15, 0.2) is 48.1 Å². The maximum Gasteiger partial charge on any atom is 3.00 e. The molecule has 1 aromatic carbocycles. The Morgan fingerprint density at radius 1 is 1.04 bits per heavy atom. The molecule has 3 unspecified atom stereocenters. The average Bonchev–Trinajstić information content (AvgIpc) is 2.87. The third kappa shape index (κ3) is 7.34. The second-order valence-electron chi connectivity index (χ2n) is 8.01. The van der Waals surface area contributed by atoms with Crippen molar-refractivity contribution < 1.29 is 51.0 Å². The standard InChI is InChI=1S/C20H25.C2H7Si.2ClH.Zr/c1-14-12-16-6-5-7-18(19(16)13-14)15-8-10-17(11-9-15)20(2,3)4;1-3-2;;;/h5-12,14,18-19H,13H2,1-4H3;3H,1-2H3;2*1H;/q-1;;;;+3/p-2. The molecule has 0 N–H and O–H groups in total. The van der Waals surface area contributed by atoms with Crippen LogP contribution in [0, 0.1) is 18.3 Å². The topological polar surface area (TPSA) is 0 Å². The summed E-state index contributed by atoms with van der Waals surface area (Å²) in [7, 11) is 0.750. The number of rotatable bonds is 1. The summed E-state index contributed by atoms with van der Waals surface area (Å²) in [5.74, 6) is 1.98. The minimum Gasteiger partial charge on any atom is -1.00 e. The van der Waals surface area contributed by atoms with Crippen LogP contribution in [-0.2, 0) is 31.6 Å². The molecule has 4 heteroatoms. The predicted octanol–water partition coefficient (Wildman–Crippen LogP) is -0.0512. The summed E-state index contributed by atoms with van der Waals surface area (Å²) in [6, 6.07) is 9.29. The molecule has 0 aromatic heterocycles. The van der Waals surface area contributed by atoms with Crippen molar-refractivity contribution in [3.05, 3.63) is 65.6 Å². The Morgan fingerprint density at radius 2 is 1.58 bits per heavy atom. The van der Waals surface area contributed by atoms with Gasteiger partial charge in [-0.15, -0.1) is 6.08 Å². The first-order chi connectivity index (χ1) is 10.9. The Morgan fingerprint density at radius 3 is 2.08 bits per heavy atom. The average molecular weight is 487 g/mol. The van der Waals surface area contributed by atoms with Crippen molar-refractivity contribution in [2.75, 3.05) is 0 Å². The molecule has 0 aliphatic heterocycles. The zero-order valence-corrected chi connectivity index (χ0v) is 22.0. The molecule has 1 saturated carbocycles. The van der Waals surface area contributed by atoms with Gasteiger partial charge in [-0.05, 0) is 22.5 Å². The van der Waals surface area contributed by atoms with E-state index in [1.165, 1.54) is 17.5 Å². The maximum atomic E-state index is 2.45. The van der Waals surface area contributed by atoms with Crippen molar-refractivity contribution in [2.24, 2.45) is 11.8 Å². The van der Waals surface area contributed by atoms with Gasteiger partial charge >= 0.3 is 26.2 Å². The van der Waals surface area contributed by atoms with Crippen LogP contribution in [-0.4, -0.2) is 9.52 Å². The van der Waals surface area contributed by atoms with E-state index in [0.29, 0.717) is 11.8 Å². The Hall–Kier alpha value is 0.250. The van der Waals surface area contributed by atoms with Crippen LogP contribution >= 0.6 is 0 Å². The van der Waals surface area contributed by atoms with Crippen LogP contribution in [0.4, 0.5) is 0 Å². The van der Waals surface area contributed by atoms with Gasteiger partial charge < -0.3 is 24.8 Å². The number of allylic oxidation sites excluding steroid dienone is 4. The molecule has 0 spiro atoms. The minimum atomic E-state index is 0. The number of benzene rings is 1. The van der Waals surface area contributed by atoms with Gasteiger partial charge in [0.1, 0.15) is 0 Å². The van der Waals surface area contributed by atoms with Crippen molar-refractivity contribution in [2.45, 2.75) is 58.5 Å². The zero-order chi connectivity index (χ0) is 17.0. The van der Waals surface area contributed by atoms with Gasteiger partial charge in [0.25, 0.3) is 0 Å². The first-order valence-electron chi connectivity index (χ1n) is 8.94. The van der Waals surface area contributed by atoms with E-state index in [-0.39, 0.29) is 56.4 Å². The van der Waals surface area contributed by atoms with Crippen LogP contribution in [0.5, 0.6) is 0 Å². The fraction of sp³-hybridized carbons (Fsp3) is 0.500. The van der Waals surface area contributed by atoms with Gasteiger partial charge in [0.15, 0.2) is 0 Å². The maximum absolute atomic E-state index is 2.45. The van der Waals surface area contributed by atoms with Crippen LogP contribution in [0.1, 0.15) is 51.2 Å². The summed E-state index contributed by atoms with van der Waals surface area (Å²) in [5.41, 5.74) is 4.67. The Balaban J connectivity index is 0. The number of hydrogen-bond acceptors (Lipinski definition) is 0. The van der Waals surface area contributed by atoms with E-state index in [2.05, 4.69) is 89.7 Å². The molecule has 0 saturated heterocycles. The smallest absolute Gasteiger partial charge is 1.00 e. The van der Waals surface area contributed by atoms with Crippen molar-refractivity contribution >= 4 is 9.52 Å². The molecular weight excluding hydrogens is 454 g/mol. The SMILES string of the molecule is CC1[CH-]C2=CC=CC(c3ccc(C(C)(C)C)cc3)C2C1.C[SiH]C.[Cl-].[Cl-].[Zr+3]. The summed E-state index contributed by atoms with van der Waals surface area (Å²) >= 11 is 0. The summed E-state index contributed by atoms with van der Waals surface area (Å²) in [4.78, 5) is 0. The first kappa shape index (κ1) is 28.5. The van der Waals surface area contributed by atoms with Crippen molar-refractivity contribution in [1.29, 1.82) is 0 Å². The normalized spacial score (nSPS) is 22.8. The molecule has 0 nitrogen and oxygen atoms in total. The monoisotopic (exact) mass is 484 g/mol. The quantitative estimate of drug-likeness (QED) is 0.386. The Labute approximate surface area is 195 Å². The van der Waals surface area contributed by atoms with Gasteiger partial charge in [0.2, 0.25) is 0 Å². The second kappa shape index (κ2) is 12.7. The molecule has 2 aliphatic carbocycles. The molecule has 1 aromatic rings. The van der Waals surface area contributed by atoms with Crippen LogP contribution in [0.2, 0.25) is 13.1 Å². The van der Waals surface area contributed by atoms with E-state index in [4.69, 9.17) is 0 Å². The molecule has 0 amide bonds. The molecule has 3 rings (SSSR count). The molecule has 0 heterocycles. The Bertz CT molecular complexity index is 573. The third-order valence-electron chi connectivity index (χ3n) is 4.73. The van der Waals surface area contributed by atoms with Crippen LogP contribution < -0.4 is 24.8 Å². The predicted molar refractivity (Wildman–Crippen MR) is 106 cm³/mol. The van der Waals surface area contributed by atoms with Crippen molar-refractivity contribution in [1.82, 2.24) is 0 Å². The molecular formula is C22H32Cl2SiZr. The summed E-state index contributed by atoms with van der Waals surface area (Å²) in [6.07, 6.45) is 10.7. The van der Waals surface area contributed by atoms with E-state index in [0.717, 1.165) is 15.4 Å². The summed E-state index contributed by atoms with van der Waals surface area (Å²) < 4.78 is 0. The van der Waals surface area contributed by atoms with Crippen molar-refractivity contribution in [3.63, 3.8) is 0 Å². The van der Waals surface area contributed by atoms with E-state index >= 15 is 0 Å². The molecule has 0 bridgehead atoms. The second-order valence-corrected chi connectivity index (χ2v) is 9.17. The molecule has 26 heavy (non-hydrogen) atoms. The van der Waals surface area contributed by atoms with Gasteiger partial charge in [0.05, 0.1) is 0 Å². The molecule has 1 fully saturated rings. The van der Waals surface area contributed by atoms with Crippen LogP contribution in [0.3, 0.4) is 0 Å². The molecule has 3 atom stereocenters. The fourth-order valence-electron chi connectivity index (χ4n) is 3.56. The molecule has 2 aliphatic rings. The van der Waals surface area contributed by atoms with Gasteiger partial charge in [-0.25, -0.2) is 18.1 Å². The number of fused-ring (bicyclic) bond motifs is 1. The first-order valence-corrected chi connectivity index (χ1v) is 11.3. The van der Waals surface area contributed by atoms with Gasteiger partial charge in [-0.3, -0.25) is 0 Å².